The first kappa shape index (κ1) is 21.5. The SMILES string of the molecule is N#CCCN(C(=O)/C=C/c1cn(-c2ccccc2)nc1-c1ccccc1)C1CCOCC1. The fraction of sp³-hybridized carbons (Fsp3) is 0.269. The van der Waals surface area contributed by atoms with E-state index in [1.807, 2.05) is 82.5 Å². The van der Waals surface area contributed by atoms with Gasteiger partial charge in [0.05, 0.1) is 23.9 Å². The zero-order chi connectivity index (χ0) is 22.2. The van der Waals surface area contributed by atoms with Crippen LogP contribution in [-0.4, -0.2) is 46.4 Å². The maximum atomic E-state index is 13.1. The molecule has 0 radical (unpaired) electrons. The minimum absolute atomic E-state index is 0.0846. The van der Waals surface area contributed by atoms with E-state index in [0.717, 1.165) is 35.3 Å². The van der Waals surface area contributed by atoms with E-state index in [1.165, 1.54) is 0 Å². The molecular weight excluding hydrogens is 400 g/mol. The van der Waals surface area contributed by atoms with Crippen molar-refractivity contribution in [3.8, 4) is 23.0 Å². The van der Waals surface area contributed by atoms with Gasteiger partial charge in [0.2, 0.25) is 5.91 Å². The number of hydrogen-bond acceptors (Lipinski definition) is 4. The number of hydrogen-bond donors (Lipinski definition) is 0. The van der Waals surface area contributed by atoms with Gasteiger partial charge >= 0.3 is 0 Å². The number of benzene rings is 2. The lowest BCUT2D eigenvalue weighted by molar-refractivity contribution is -0.130. The second-order valence-electron chi connectivity index (χ2n) is 7.70. The zero-order valence-corrected chi connectivity index (χ0v) is 17.9. The van der Waals surface area contributed by atoms with Crippen LogP contribution in [0.4, 0.5) is 0 Å². The van der Waals surface area contributed by atoms with E-state index in [2.05, 4.69) is 6.07 Å². The van der Waals surface area contributed by atoms with E-state index in [4.69, 9.17) is 15.1 Å². The van der Waals surface area contributed by atoms with E-state index < -0.39 is 0 Å². The summed E-state index contributed by atoms with van der Waals surface area (Å²) < 4.78 is 7.27. The van der Waals surface area contributed by atoms with Gasteiger partial charge in [-0.3, -0.25) is 4.79 Å². The summed E-state index contributed by atoms with van der Waals surface area (Å²) in [5, 5.41) is 13.8. The van der Waals surface area contributed by atoms with Crippen molar-refractivity contribution in [2.45, 2.75) is 25.3 Å². The molecular formula is C26H26N4O2. The van der Waals surface area contributed by atoms with Gasteiger partial charge in [-0.1, -0.05) is 48.5 Å². The fourth-order valence-electron chi connectivity index (χ4n) is 3.94. The Labute approximate surface area is 188 Å². The Hall–Kier alpha value is -3.69. The molecule has 4 rings (SSSR count). The Morgan fingerprint density at radius 3 is 2.50 bits per heavy atom. The first-order valence-electron chi connectivity index (χ1n) is 10.9. The minimum Gasteiger partial charge on any atom is -0.381 e. The maximum absolute atomic E-state index is 13.1. The first-order chi connectivity index (χ1) is 15.8. The van der Waals surface area contributed by atoms with Crippen LogP contribution in [0.1, 0.15) is 24.8 Å². The van der Waals surface area contributed by atoms with Crippen LogP contribution in [0.5, 0.6) is 0 Å². The normalized spacial score (nSPS) is 14.3. The molecule has 0 N–H and O–H groups in total. The topological polar surface area (TPSA) is 71.2 Å². The molecule has 1 fully saturated rings. The van der Waals surface area contributed by atoms with Crippen LogP contribution >= 0.6 is 0 Å². The molecule has 1 aromatic heterocycles. The highest BCUT2D eigenvalue weighted by Crippen LogP contribution is 2.25. The third-order valence-corrected chi connectivity index (χ3v) is 5.60. The van der Waals surface area contributed by atoms with Crippen LogP contribution in [-0.2, 0) is 9.53 Å². The predicted octanol–water partition coefficient (Wildman–Crippen LogP) is 4.47. The molecule has 6 nitrogen and oxygen atoms in total. The molecule has 1 saturated heterocycles. The number of ether oxygens (including phenoxy) is 1. The lowest BCUT2D eigenvalue weighted by atomic mass is 10.1. The van der Waals surface area contributed by atoms with Crippen molar-refractivity contribution in [2.75, 3.05) is 19.8 Å². The lowest BCUT2D eigenvalue weighted by Crippen LogP contribution is -2.43. The number of para-hydroxylation sites is 1. The molecule has 2 aromatic carbocycles. The van der Waals surface area contributed by atoms with E-state index in [0.29, 0.717) is 26.2 Å². The minimum atomic E-state index is -0.0846. The Morgan fingerprint density at radius 1 is 1.12 bits per heavy atom. The molecule has 32 heavy (non-hydrogen) atoms. The molecule has 1 amide bonds. The highest BCUT2D eigenvalue weighted by atomic mass is 16.5. The molecule has 0 atom stereocenters. The summed E-state index contributed by atoms with van der Waals surface area (Å²) >= 11 is 0. The lowest BCUT2D eigenvalue weighted by Gasteiger charge is -2.33. The van der Waals surface area contributed by atoms with Crippen molar-refractivity contribution >= 4 is 12.0 Å². The molecule has 0 unspecified atom stereocenters. The maximum Gasteiger partial charge on any atom is 0.246 e. The third-order valence-electron chi connectivity index (χ3n) is 5.60. The standard InChI is InChI=1S/C26H26N4O2/c27-16-7-17-29(23-14-18-32-19-15-23)25(31)13-12-22-20-30(24-10-5-2-6-11-24)28-26(22)21-8-3-1-4-9-21/h1-6,8-13,20,23H,7,14-15,17-19H2/b13-12+. The average Bonchev–Trinajstić information content (AvgIpc) is 3.29. The Morgan fingerprint density at radius 2 is 1.81 bits per heavy atom. The molecule has 0 bridgehead atoms. The molecule has 162 valence electrons. The van der Waals surface area contributed by atoms with Gasteiger partial charge in [-0.2, -0.15) is 10.4 Å². The van der Waals surface area contributed by atoms with Crippen molar-refractivity contribution in [1.82, 2.24) is 14.7 Å². The molecule has 3 aromatic rings. The fourth-order valence-corrected chi connectivity index (χ4v) is 3.94. The summed E-state index contributed by atoms with van der Waals surface area (Å²) in [5.74, 6) is -0.0846. The smallest absolute Gasteiger partial charge is 0.246 e. The quantitative estimate of drug-likeness (QED) is 0.523. The molecule has 6 heteroatoms. The molecule has 0 aliphatic carbocycles. The largest absolute Gasteiger partial charge is 0.381 e. The first-order valence-corrected chi connectivity index (χ1v) is 10.9. The average molecular weight is 427 g/mol. The zero-order valence-electron chi connectivity index (χ0n) is 17.9. The second-order valence-corrected chi connectivity index (χ2v) is 7.70. The molecule has 0 saturated carbocycles. The van der Waals surface area contributed by atoms with E-state index >= 15 is 0 Å². The summed E-state index contributed by atoms with van der Waals surface area (Å²) in [6.45, 7) is 1.72. The summed E-state index contributed by atoms with van der Waals surface area (Å²) in [6.07, 6.45) is 7.29. The van der Waals surface area contributed by atoms with Gasteiger partial charge in [0.25, 0.3) is 0 Å². The van der Waals surface area contributed by atoms with Crippen LogP contribution in [0.25, 0.3) is 23.0 Å². The van der Waals surface area contributed by atoms with Gasteiger partial charge in [-0.05, 0) is 31.1 Å². The molecule has 2 heterocycles. The number of nitriles is 1. The van der Waals surface area contributed by atoms with E-state index in [1.54, 1.807) is 6.08 Å². The van der Waals surface area contributed by atoms with Gasteiger partial charge in [0, 0.05) is 49.2 Å². The van der Waals surface area contributed by atoms with E-state index in [9.17, 15) is 4.79 Å². The van der Waals surface area contributed by atoms with Crippen LogP contribution in [0.3, 0.4) is 0 Å². The van der Waals surface area contributed by atoms with Gasteiger partial charge in [-0.15, -0.1) is 0 Å². The van der Waals surface area contributed by atoms with Gasteiger partial charge in [-0.25, -0.2) is 4.68 Å². The number of rotatable bonds is 7. The van der Waals surface area contributed by atoms with Crippen molar-refractivity contribution in [3.63, 3.8) is 0 Å². The number of carbonyl (C=O) groups excluding carboxylic acids is 1. The summed E-state index contributed by atoms with van der Waals surface area (Å²) in [6, 6.07) is 22.1. The van der Waals surface area contributed by atoms with Crippen LogP contribution in [0, 0.1) is 11.3 Å². The Balaban J connectivity index is 1.63. The number of carbonyl (C=O) groups is 1. The van der Waals surface area contributed by atoms with Gasteiger partial charge in [0.15, 0.2) is 0 Å². The molecule has 1 aliphatic heterocycles. The Bertz CT molecular complexity index is 1090. The highest BCUT2D eigenvalue weighted by Gasteiger charge is 2.24. The number of nitrogens with zero attached hydrogens (tertiary/aromatic N) is 4. The Kier molecular flexibility index (Phi) is 7.11. The van der Waals surface area contributed by atoms with Crippen molar-refractivity contribution < 1.29 is 9.53 Å². The summed E-state index contributed by atoms with van der Waals surface area (Å²) in [7, 11) is 0. The van der Waals surface area contributed by atoms with Crippen LogP contribution in [0.2, 0.25) is 0 Å². The van der Waals surface area contributed by atoms with Crippen molar-refractivity contribution in [2.24, 2.45) is 0 Å². The van der Waals surface area contributed by atoms with Crippen molar-refractivity contribution in [1.29, 1.82) is 5.26 Å². The second kappa shape index (κ2) is 10.6. The van der Waals surface area contributed by atoms with Gasteiger partial charge in [0.1, 0.15) is 0 Å². The molecule has 1 aliphatic rings. The predicted molar refractivity (Wildman–Crippen MR) is 124 cm³/mol. The summed E-state index contributed by atoms with van der Waals surface area (Å²) in [4.78, 5) is 14.9. The van der Waals surface area contributed by atoms with Crippen molar-refractivity contribution in [3.05, 3.63) is 78.5 Å². The van der Waals surface area contributed by atoms with Crippen LogP contribution < -0.4 is 0 Å². The third kappa shape index (κ3) is 5.13. The number of aromatic nitrogens is 2. The monoisotopic (exact) mass is 426 g/mol. The van der Waals surface area contributed by atoms with Gasteiger partial charge < -0.3 is 9.64 Å². The number of amides is 1. The summed E-state index contributed by atoms with van der Waals surface area (Å²) in [5.41, 5.74) is 3.61. The molecule has 0 spiro atoms. The highest BCUT2D eigenvalue weighted by molar-refractivity contribution is 5.93. The van der Waals surface area contributed by atoms with Crippen LogP contribution in [0.15, 0.2) is 72.9 Å². The van der Waals surface area contributed by atoms with E-state index in [-0.39, 0.29) is 11.9 Å².